The van der Waals surface area contributed by atoms with E-state index in [0.29, 0.717) is 6.54 Å². The summed E-state index contributed by atoms with van der Waals surface area (Å²) in [5.41, 5.74) is 7.46. The zero-order valence-corrected chi connectivity index (χ0v) is 12.7. The number of carbonyl (C=O) groups is 1. The number of nitrogens with zero attached hydrogens (tertiary/aromatic N) is 2. The van der Waals surface area contributed by atoms with Gasteiger partial charge in [0.05, 0.1) is 12.0 Å². The molecule has 0 bridgehead atoms. The molecule has 1 saturated carbocycles. The van der Waals surface area contributed by atoms with Crippen LogP contribution in [0.4, 0.5) is 5.69 Å². The molecule has 5 heteroatoms. The molecule has 1 aliphatic carbocycles. The number of amides is 1. The third kappa shape index (κ3) is 3.04. The third-order valence-corrected chi connectivity index (χ3v) is 4.55. The highest BCUT2D eigenvalue weighted by molar-refractivity contribution is 5.95. The van der Waals surface area contributed by atoms with E-state index in [0.717, 1.165) is 43.5 Å². The van der Waals surface area contributed by atoms with Crippen molar-refractivity contribution in [1.29, 1.82) is 0 Å². The number of nitrogens with two attached hydrogens (primary N) is 1. The Balaban J connectivity index is 1.64. The molecule has 1 heterocycles. The van der Waals surface area contributed by atoms with E-state index >= 15 is 0 Å². The van der Waals surface area contributed by atoms with Crippen LogP contribution >= 0.6 is 0 Å². The Morgan fingerprint density at radius 1 is 1.27 bits per heavy atom. The molecule has 0 atom stereocenters. The molecular weight excluding hydrogens is 276 g/mol. The molecule has 1 fully saturated rings. The molecular formula is C17H22N4O. The lowest BCUT2D eigenvalue weighted by Crippen LogP contribution is -2.40. The quantitative estimate of drug-likeness (QED) is 0.890. The second-order valence-electron chi connectivity index (χ2n) is 6.05. The highest BCUT2D eigenvalue weighted by Gasteiger charge is 2.39. The fraction of sp³-hybridized carbons (Fsp3) is 0.412. The van der Waals surface area contributed by atoms with Crippen molar-refractivity contribution >= 4 is 11.6 Å². The molecule has 0 aliphatic heterocycles. The lowest BCUT2D eigenvalue weighted by atomic mass is 9.85. The highest BCUT2D eigenvalue weighted by atomic mass is 16.2. The van der Waals surface area contributed by atoms with E-state index in [1.54, 1.807) is 6.20 Å². The van der Waals surface area contributed by atoms with Gasteiger partial charge >= 0.3 is 0 Å². The Kier molecular flexibility index (Phi) is 4.24. The lowest BCUT2D eigenvalue weighted by molar-refractivity contribution is -0.124. The van der Waals surface area contributed by atoms with Crippen molar-refractivity contribution < 1.29 is 4.79 Å². The summed E-state index contributed by atoms with van der Waals surface area (Å²) in [4.78, 5) is 12.5. The van der Waals surface area contributed by atoms with Crippen LogP contribution in [0.5, 0.6) is 0 Å². The van der Waals surface area contributed by atoms with Gasteiger partial charge in [-0.3, -0.25) is 9.48 Å². The summed E-state index contributed by atoms with van der Waals surface area (Å²) in [5.74, 6) is 0.0623. The number of aromatic nitrogens is 2. The van der Waals surface area contributed by atoms with Crippen molar-refractivity contribution in [2.45, 2.75) is 32.2 Å². The monoisotopic (exact) mass is 298 g/mol. The van der Waals surface area contributed by atoms with E-state index in [2.05, 4.69) is 10.4 Å². The second kappa shape index (κ2) is 6.32. The van der Waals surface area contributed by atoms with Gasteiger partial charge in [0, 0.05) is 24.6 Å². The molecule has 0 radical (unpaired) electrons. The van der Waals surface area contributed by atoms with E-state index in [-0.39, 0.29) is 11.3 Å². The van der Waals surface area contributed by atoms with Crippen LogP contribution in [0.1, 0.15) is 31.2 Å². The fourth-order valence-corrected chi connectivity index (χ4v) is 3.11. The highest BCUT2D eigenvalue weighted by Crippen LogP contribution is 2.38. The molecule has 1 amide bonds. The summed E-state index contributed by atoms with van der Waals surface area (Å²) < 4.78 is 1.87. The first-order valence-corrected chi connectivity index (χ1v) is 7.80. The van der Waals surface area contributed by atoms with Crippen LogP contribution in [-0.2, 0) is 11.3 Å². The van der Waals surface area contributed by atoms with Gasteiger partial charge in [-0.25, -0.2) is 0 Å². The summed E-state index contributed by atoms with van der Waals surface area (Å²) >= 11 is 0. The topological polar surface area (TPSA) is 72.9 Å². The molecule has 1 aliphatic rings. The minimum absolute atomic E-state index is 0.0623. The number of benzene rings is 1. The number of carbonyl (C=O) groups excluding carboxylic acids is 1. The van der Waals surface area contributed by atoms with Crippen molar-refractivity contribution in [3.8, 4) is 0 Å². The molecule has 5 nitrogen and oxygen atoms in total. The second-order valence-corrected chi connectivity index (χ2v) is 6.05. The molecule has 22 heavy (non-hydrogen) atoms. The minimum atomic E-state index is -0.367. The average molecular weight is 298 g/mol. The number of hydrogen-bond acceptors (Lipinski definition) is 3. The zero-order valence-electron chi connectivity index (χ0n) is 12.7. The van der Waals surface area contributed by atoms with E-state index in [1.165, 1.54) is 0 Å². The number of nitrogens with one attached hydrogen (secondary N) is 1. The largest absolute Gasteiger partial charge is 0.329 e. The molecule has 116 valence electrons. The fourth-order valence-electron chi connectivity index (χ4n) is 3.11. The lowest BCUT2D eigenvalue weighted by Gasteiger charge is -2.25. The SMILES string of the molecule is NCC1(C(=O)Nc2ccc(Cn3cccn3)cc2)CCCC1. The number of anilines is 1. The zero-order chi connectivity index (χ0) is 15.4. The van der Waals surface area contributed by atoms with Crippen LogP contribution in [0, 0.1) is 5.41 Å². The van der Waals surface area contributed by atoms with Crippen molar-refractivity contribution in [3.63, 3.8) is 0 Å². The summed E-state index contributed by atoms with van der Waals surface area (Å²) in [6.07, 6.45) is 7.67. The normalized spacial score (nSPS) is 16.6. The van der Waals surface area contributed by atoms with Crippen molar-refractivity contribution in [2.75, 3.05) is 11.9 Å². The summed E-state index contributed by atoms with van der Waals surface area (Å²) in [6, 6.07) is 9.82. The van der Waals surface area contributed by atoms with Gasteiger partial charge in [-0.1, -0.05) is 25.0 Å². The van der Waals surface area contributed by atoms with Crippen LogP contribution < -0.4 is 11.1 Å². The predicted octanol–water partition coefficient (Wildman–Crippen LogP) is 2.39. The smallest absolute Gasteiger partial charge is 0.231 e. The van der Waals surface area contributed by atoms with Gasteiger partial charge in [-0.15, -0.1) is 0 Å². The van der Waals surface area contributed by atoms with E-state index < -0.39 is 0 Å². The predicted molar refractivity (Wildman–Crippen MR) is 86.4 cm³/mol. The van der Waals surface area contributed by atoms with Gasteiger partial charge in [0.25, 0.3) is 0 Å². The Morgan fingerprint density at radius 2 is 2.00 bits per heavy atom. The number of rotatable bonds is 5. The maximum atomic E-state index is 12.5. The van der Waals surface area contributed by atoms with Crippen LogP contribution in [0.2, 0.25) is 0 Å². The first kappa shape index (κ1) is 14.8. The van der Waals surface area contributed by atoms with Gasteiger partial charge in [0.2, 0.25) is 5.91 Å². The van der Waals surface area contributed by atoms with Gasteiger partial charge in [0.1, 0.15) is 0 Å². The Morgan fingerprint density at radius 3 is 2.59 bits per heavy atom. The van der Waals surface area contributed by atoms with Gasteiger partial charge < -0.3 is 11.1 Å². The van der Waals surface area contributed by atoms with Crippen LogP contribution in [-0.4, -0.2) is 22.2 Å². The summed E-state index contributed by atoms with van der Waals surface area (Å²) in [6.45, 7) is 1.16. The van der Waals surface area contributed by atoms with Crippen LogP contribution in [0.15, 0.2) is 42.7 Å². The maximum Gasteiger partial charge on any atom is 0.231 e. The average Bonchev–Trinajstić information content (AvgIpc) is 3.21. The van der Waals surface area contributed by atoms with Gasteiger partial charge in [0.15, 0.2) is 0 Å². The summed E-state index contributed by atoms with van der Waals surface area (Å²) in [5, 5.41) is 7.21. The summed E-state index contributed by atoms with van der Waals surface area (Å²) in [7, 11) is 0. The van der Waals surface area contributed by atoms with E-state index in [1.807, 2.05) is 41.2 Å². The van der Waals surface area contributed by atoms with Gasteiger partial charge in [-0.2, -0.15) is 5.10 Å². The Bertz CT molecular complexity index is 613. The molecule has 1 aromatic heterocycles. The maximum absolute atomic E-state index is 12.5. The third-order valence-electron chi connectivity index (χ3n) is 4.55. The molecule has 3 N–H and O–H groups in total. The standard InChI is InChI=1S/C17H22N4O/c18-13-17(8-1-2-9-17)16(22)20-15-6-4-14(5-7-15)12-21-11-3-10-19-21/h3-7,10-11H,1-2,8-9,12-13,18H2,(H,20,22). The molecule has 0 saturated heterocycles. The first-order chi connectivity index (χ1) is 10.7. The van der Waals surface area contributed by atoms with Crippen LogP contribution in [0.25, 0.3) is 0 Å². The molecule has 0 spiro atoms. The van der Waals surface area contributed by atoms with E-state index in [9.17, 15) is 4.79 Å². The van der Waals surface area contributed by atoms with Crippen molar-refractivity contribution in [2.24, 2.45) is 11.1 Å². The minimum Gasteiger partial charge on any atom is -0.329 e. The Labute approximate surface area is 130 Å². The van der Waals surface area contributed by atoms with E-state index in [4.69, 9.17) is 5.73 Å². The Hall–Kier alpha value is -2.14. The van der Waals surface area contributed by atoms with Crippen molar-refractivity contribution in [3.05, 3.63) is 48.3 Å². The molecule has 0 unspecified atom stereocenters. The van der Waals surface area contributed by atoms with Crippen LogP contribution in [0.3, 0.4) is 0 Å². The van der Waals surface area contributed by atoms with Crippen molar-refractivity contribution in [1.82, 2.24) is 9.78 Å². The first-order valence-electron chi connectivity index (χ1n) is 7.80. The molecule has 2 aromatic rings. The van der Waals surface area contributed by atoms with Gasteiger partial charge in [-0.05, 0) is 36.6 Å². The number of hydrogen-bond donors (Lipinski definition) is 2. The molecule has 3 rings (SSSR count). The molecule has 1 aromatic carbocycles.